The molecule has 0 spiro atoms. The van der Waals surface area contributed by atoms with Crippen molar-refractivity contribution in [2.75, 3.05) is 25.3 Å². The van der Waals surface area contributed by atoms with Gasteiger partial charge in [-0.2, -0.15) is 0 Å². The van der Waals surface area contributed by atoms with Gasteiger partial charge in [0.2, 0.25) is 6.79 Å². The Labute approximate surface area is 152 Å². The second-order valence-corrected chi connectivity index (χ2v) is 6.19. The van der Waals surface area contributed by atoms with E-state index in [4.69, 9.17) is 25.8 Å². The summed E-state index contributed by atoms with van der Waals surface area (Å²) in [5, 5.41) is 5.82. The fourth-order valence-corrected chi connectivity index (χ4v) is 2.78. The van der Waals surface area contributed by atoms with Crippen molar-refractivity contribution in [2.24, 2.45) is 0 Å². The van der Waals surface area contributed by atoms with Gasteiger partial charge in [0.15, 0.2) is 11.5 Å². The van der Waals surface area contributed by atoms with Crippen molar-refractivity contribution in [1.29, 1.82) is 0 Å². The minimum absolute atomic E-state index is 0.221. The van der Waals surface area contributed by atoms with E-state index in [1.807, 2.05) is 0 Å². The van der Waals surface area contributed by atoms with Crippen LogP contribution in [0.1, 0.15) is 0 Å². The molecule has 0 aromatic heterocycles. The van der Waals surface area contributed by atoms with Crippen molar-refractivity contribution in [3.05, 3.63) is 45.9 Å². The predicted octanol–water partition coefficient (Wildman–Crippen LogP) is 4.03. The molecule has 1 heterocycles. The molecule has 6 nitrogen and oxygen atoms in total. The van der Waals surface area contributed by atoms with Crippen LogP contribution in [0.2, 0.25) is 5.02 Å². The SMILES string of the molecule is O=C(NCCOc1ccc2c(c1)OCO2)Nc1ccc(Br)cc1Cl. The summed E-state index contributed by atoms with van der Waals surface area (Å²) < 4.78 is 16.9. The van der Waals surface area contributed by atoms with Crippen molar-refractivity contribution in [2.45, 2.75) is 0 Å². The molecule has 2 N–H and O–H groups in total. The maximum Gasteiger partial charge on any atom is 0.319 e. The molecule has 2 aromatic rings. The summed E-state index contributed by atoms with van der Waals surface area (Å²) in [5.74, 6) is 2.01. The topological polar surface area (TPSA) is 68.8 Å². The highest BCUT2D eigenvalue weighted by molar-refractivity contribution is 9.10. The Morgan fingerprint density at radius 1 is 1.21 bits per heavy atom. The highest BCUT2D eigenvalue weighted by atomic mass is 79.9. The molecule has 2 aromatic carbocycles. The van der Waals surface area contributed by atoms with Crippen molar-refractivity contribution in [3.63, 3.8) is 0 Å². The van der Waals surface area contributed by atoms with Crippen LogP contribution in [0, 0.1) is 0 Å². The van der Waals surface area contributed by atoms with Crippen LogP contribution in [-0.2, 0) is 0 Å². The van der Waals surface area contributed by atoms with Gasteiger partial charge >= 0.3 is 6.03 Å². The van der Waals surface area contributed by atoms with Crippen molar-refractivity contribution >= 4 is 39.2 Å². The number of fused-ring (bicyclic) bond motifs is 1. The molecule has 0 saturated carbocycles. The highest BCUT2D eigenvalue weighted by Gasteiger charge is 2.13. The van der Waals surface area contributed by atoms with Gasteiger partial charge in [-0.15, -0.1) is 0 Å². The van der Waals surface area contributed by atoms with E-state index in [2.05, 4.69) is 26.6 Å². The van der Waals surface area contributed by atoms with Crippen LogP contribution in [0.4, 0.5) is 10.5 Å². The Kier molecular flexibility index (Phi) is 5.32. The van der Waals surface area contributed by atoms with E-state index in [0.717, 1.165) is 4.47 Å². The lowest BCUT2D eigenvalue weighted by atomic mass is 10.3. The number of nitrogens with one attached hydrogen (secondary N) is 2. The van der Waals surface area contributed by atoms with Gasteiger partial charge in [-0.25, -0.2) is 4.79 Å². The maximum atomic E-state index is 11.8. The molecule has 0 unspecified atom stereocenters. The first-order valence-corrected chi connectivity index (χ1v) is 8.31. The van der Waals surface area contributed by atoms with Gasteiger partial charge < -0.3 is 24.8 Å². The van der Waals surface area contributed by atoms with E-state index in [0.29, 0.717) is 41.1 Å². The minimum Gasteiger partial charge on any atom is -0.492 e. The van der Waals surface area contributed by atoms with E-state index in [1.165, 1.54) is 0 Å². The number of amides is 2. The van der Waals surface area contributed by atoms with E-state index in [-0.39, 0.29) is 12.8 Å². The van der Waals surface area contributed by atoms with Gasteiger partial charge in [0.1, 0.15) is 12.4 Å². The van der Waals surface area contributed by atoms with Crippen molar-refractivity contribution in [1.82, 2.24) is 5.32 Å². The number of rotatable bonds is 5. The molecule has 0 aliphatic carbocycles. The highest BCUT2D eigenvalue weighted by Crippen LogP contribution is 2.35. The normalized spacial score (nSPS) is 11.9. The van der Waals surface area contributed by atoms with Gasteiger partial charge in [0.05, 0.1) is 17.3 Å². The molecular formula is C16H14BrClN2O4. The van der Waals surface area contributed by atoms with E-state index >= 15 is 0 Å². The lowest BCUT2D eigenvalue weighted by Gasteiger charge is -2.10. The fraction of sp³-hybridized carbons (Fsp3) is 0.188. The summed E-state index contributed by atoms with van der Waals surface area (Å²) in [4.78, 5) is 11.8. The van der Waals surface area contributed by atoms with Crippen LogP contribution in [0.15, 0.2) is 40.9 Å². The lowest BCUT2D eigenvalue weighted by Crippen LogP contribution is -2.32. The van der Waals surface area contributed by atoms with Crippen molar-refractivity contribution in [3.8, 4) is 17.2 Å². The monoisotopic (exact) mass is 412 g/mol. The molecule has 24 heavy (non-hydrogen) atoms. The molecule has 3 rings (SSSR count). The Hall–Kier alpha value is -2.12. The summed E-state index contributed by atoms with van der Waals surface area (Å²) >= 11 is 9.35. The van der Waals surface area contributed by atoms with Crippen LogP contribution in [0.5, 0.6) is 17.2 Å². The molecule has 0 radical (unpaired) electrons. The quantitative estimate of drug-likeness (QED) is 0.726. The largest absolute Gasteiger partial charge is 0.492 e. The van der Waals surface area contributed by atoms with Crippen LogP contribution in [-0.4, -0.2) is 26.0 Å². The Bertz CT molecular complexity index is 757. The predicted molar refractivity (Wildman–Crippen MR) is 94.2 cm³/mol. The Morgan fingerprint density at radius 3 is 2.88 bits per heavy atom. The number of halogens is 2. The third kappa shape index (κ3) is 4.24. The molecule has 0 bridgehead atoms. The van der Waals surface area contributed by atoms with Crippen LogP contribution in [0.3, 0.4) is 0 Å². The standard InChI is InChI=1S/C16H14BrClN2O4/c17-10-1-3-13(12(18)7-10)20-16(21)19-5-6-22-11-2-4-14-15(8-11)24-9-23-14/h1-4,7-8H,5-6,9H2,(H2,19,20,21). The molecule has 0 atom stereocenters. The molecule has 1 aliphatic heterocycles. The van der Waals surface area contributed by atoms with Crippen LogP contribution in [0.25, 0.3) is 0 Å². The first-order chi connectivity index (χ1) is 11.6. The van der Waals surface area contributed by atoms with E-state index < -0.39 is 0 Å². The summed E-state index contributed by atoms with van der Waals surface area (Å²) in [7, 11) is 0. The van der Waals surface area contributed by atoms with E-state index in [1.54, 1.807) is 36.4 Å². The molecule has 2 amide bonds. The molecule has 1 aliphatic rings. The summed E-state index contributed by atoms with van der Waals surface area (Å²) in [6.45, 7) is 0.884. The van der Waals surface area contributed by atoms with Crippen LogP contribution >= 0.6 is 27.5 Å². The van der Waals surface area contributed by atoms with Gasteiger partial charge in [0, 0.05) is 10.5 Å². The average molecular weight is 414 g/mol. The molecule has 0 saturated heterocycles. The summed E-state index contributed by atoms with van der Waals surface area (Å²) in [6.07, 6.45) is 0. The van der Waals surface area contributed by atoms with Gasteiger partial charge in [-0.1, -0.05) is 27.5 Å². The number of carbonyl (C=O) groups is 1. The number of ether oxygens (including phenoxy) is 3. The third-order valence-corrected chi connectivity index (χ3v) is 3.99. The second-order valence-electron chi connectivity index (χ2n) is 4.87. The third-order valence-electron chi connectivity index (χ3n) is 3.18. The molecule has 8 heteroatoms. The Morgan fingerprint density at radius 2 is 2.04 bits per heavy atom. The number of carbonyl (C=O) groups excluding carboxylic acids is 1. The number of benzene rings is 2. The number of hydrogen-bond donors (Lipinski definition) is 2. The zero-order chi connectivity index (χ0) is 16.9. The molecule has 0 fully saturated rings. The molecular weight excluding hydrogens is 400 g/mol. The van der Waals surface area contributed by atoms with Crippen LogP contribution < -0.4 is 24.8 Å². The first-order valence-electron chi connectivity index (χ1n) is 7.14. The lowest BCUT2D eigenvalue weighted by molar-refractivity contribution is 0.173. The zero-order valence-electron chi connectivity index (χ0n) is 12.5. The van der Waals surface area contributed by atoms with Gasteiger partial charge in [-0.3, -0.25) is 0 Å². The van der Waals surface area contributed by atoms with Gasteiger partial charge in [-0.05, 0) is 30.3 Å². The fourth-order valence-electron chi connectivity index (χ4n) is 2.06. The molecule has 126 valence electrons. The number of urea groups is 1. The maximum absolute atomic E-state index is 11.8. The number of anilines is 1. The zero-order valence-corrected chi connectivity index (χ0v) is 14.8. The van der Waals surface area contributed by atoms with Gasteiger partial charge in [0.25, 0.3) is 0 Å². The summed E-state index contributed by atoms with van der Waals surface area (Å²) in [5.41, 5.74) is 0.536. The minimum atomic E-state index is -0.353. The van der Waals surface area contributed by atoms with Crippen molar-refractivity contribution < 1.29 is 19.0 Å². The Balaban J connectivity index is 1.42. The number of hydrogen-bond acceptors (Lipinski definition) is 4. The first kappa shape index (κ1) is 16.7. The van der Waals surface area contributed by atoms with E-state index in [9.17, 15) is 4.79 Å². The summed E-state index contributed by atoms with van der Waals surface area (Å²) in [6, 6.07) is 10.2. The average Bonchev–Trinajstić information content (AvgIpc) is 3.02. The smallest absolute Gasteiger partial charge is 0.319 e. The second kappa shape index (κ2) is 7.63.